The van der Waals surface area contributed by atoms with Gasteiger partial charge in [-0.05, 0) is 17.5 Å². The third kappa shape index (κ3) is 1.73. The maximum Gasteiger partial charge on any atom is 0.238 e. The minimum atomic E-state index is -0.182. The topological polar surface area (TPSA) is 72.6 Å². The summed E-state index contributed by atoms with van der Waals surface area (Å²) in [5.74, 6) is 0.0996. The number of carbonyl (C=O) groups is 2. The average molecular weight is 274 g/mol. The number of hydrogen-bond acceptors (Lipinski definition) is 4. The number of carbonyl (C=O) groups excluding carboxylic acids is 2. The Labute approximate surface area is 117 Å². The molecule has 2 aliphatic rings. The van der Waals surface area contributed by atoms with Crippen LogP contribution in [0, 0.1) is 17.3 Å². The lowest BCUT2D eigenvalue weighted by molar-refractivity contribution is -0.125. The standard InChI is InChI=1S/C15H18N2O3/c1-15(2)11-12(15)14(19)17(13(11)18)9-4-3-5-10(8-9)20-7-6-16/h3-5,8,11-12H,6-7,16H2,1-2H3. The number of hydrogen-bond donors (Lipinski definition) is 1. The van der Waals surface area contributed by atoms with E-state index in [1.165, 1.54) is 4.90 Å². The van der Waals surface area contributed by atoms with Crippen molar-refractivity contribution in [2.24, 2.45) is 23.0 Å². The SMILES string of the molecule is CC1(C)C2C(=O)N(c3cccc(OCCN)c3)C(=O)C21. The number of imide groups is 1. The number of nitrogens with two attached hydrogens (primary N) is 1. The molecule has 0 spiro atoms. The van der Waals surface area contributed by atoms with Crippen molar-refractivity contribution >= 4 is 17.5 Å². The number of amides is 2. The number of fused-ring (bicyclic) bond motifs is 1. The second kappa shape index (κ2) is 4.31. The summed E-state index contributed by atoms with van der Waals surface area (Å²) in [6, 6.07) is 7.03. The van der Waals surface area contributed by atoms with Gasteiger partial charge in [0.15, 0.2) is 0 Å². The molecule has 1 aromatic carbocycles. The summed E-state index contributed by atoms with van der Waals surface area (Å²) >= 11 is 0. The van der Waals surface area contributed by atoms with Crippen LogP contribution in [0.25, 0.3) is 0 Å². The molecule has 1 saturated carbocycles. The van der Waals surface area contributed by atoms with Crippen molar-refractivity contribution in [3.8, 4) is 5.75 Å². The van der Waals surface area contributed by atoms with Crippen LogP contribution in [-0.4, -0.2) is 25.0 Å². The van der Waals surface area contributed by atoms with Crippen LogP contribution in [0.15, 0.2) is 24.3 Å². The molecule has 2 N–H and O–H groups in total. The minimum Gasteiger partial charge on any atom is -0.492 e. The maximum atomic E-state index is 12.3. The summed E-state index contributed by atoms with van der Waals surface area (Å²) in [5, 5.41) is 0. The van der Waals surface area contributed by atoms with Gasteiger partial charge in [-0.25, -0.2) is 4.90 Å². The molecule has 5 heteroatoms. The Morgan fingerprint density at radius 2 is 1.90 bits per heavy atom. The molecule has 1 saturated heterocycles. The fraction of sp³-hybridized carbons (Fsp3) is 0.467. The Morgan fingerprint density at radius 1 is 1.25 bits per heavy atom. The van der Waals surface area contributed by atoms with E-state index in [4.69, 9.17) is 10.5 Å². The first-order valence-corrected chi connectivity index (χ1v) is 6.79. The van der Waals surface area contributed by atoms with Gasteiger partial charge in [-0.1, -0.05) is 19.9 Å². The minimum absolute atomic E-state index is 0.0963. The van der Waals surface area contributed by atoms with Gasteiger partial charge in [-0.2, -0.15) is 0 Å². The van der Waals surface area contributed by atoms with Crippen LogP contribution in [-0.2, 0) is 9.59 Å². The molecule has 5 nitrogen and oxygen atoms in total. The molecule has 0 radical (unpaired) electrons. The lowest BCUT2D eigenvalue weighted by Crippen LogP contribution is -2.36. The first-order valence-electron chi connectivity index (χ1n) is 6.79. The molecule has 106 valence electrons. The number of anilines is 1. The van der Waals surface area contributed by atoms with Gasteiger partial charge in [0, 0.05) is 12.6 Å². The van der Waals surface area contributed by atoms with Gasteiger partial charge in [0.2, 0.25) is 11.8 Å². The highest BCUT2D eigenvalue weighted by Crippen LogP contribution is 2.63. The van der Waals surface area contributed by atoms with Crippen molar-refractivity contribution in [3.05, 3.63) is 24.3 Å². The van der Waals surface area contributed by atoms with Gasteiger partial charge in [0.1, 0.15) is 12.4 Å². The van der Waals surface area contributed by atoms with Gasteiger partial charge in [-0.15, -0.1) is 0 Å². The third-order valence-electron chi connectivity index (χ3n) is 4.26. The number of nitrogens with zero attached hydrogens (tertiary/aromatic N) is 1. The van der Waals surface area contributed by atoms with Crippen molar-refractivity contribution in [3.63, 3.8) is 0 Å². The molecule has 3 rings (SSSR count). The molecule has 1 aliphatic heterocycles. The van der Waals surface area contributed by atoms with E-state index in [2.05, 4.69) is 0 Å². The van der Waals surface area contributed by atoms with E-state index < -0.39 is 0 Å². The summed E-state index contributed by atoms with van der Waals surface area (Å²) in [7, 11) is 0. The highest BCUT2D eigenvalue weighted by molar-refractivity contribution is 6.25. The van der Waals surface area contributed by atoms with Crippen molar-refractivity contribution in [2.75, 3.05) is 18.1 Å². The molecular weight excluding hydrogens is 256 g/mol. The molecule has 2 fully saturated rings. The van der Waals surface area contributed by atoms with Crippen LogP contribution < -0.4 is 15.4 Å². The Hall–Kier alpha value is -1.88. The largest absolute Gasteiger partial charge is 0.492 e. The van der Waals surface area contributed by atoms with Gasteiger partial charge in [-0.3, -0.25) is 9.59 Å². The van der Waals surface area contributed by atoms with Crippen LogP contribution in [0.2, 0.25) is 0 Å². The number of benzene rings is 1. The number of ether oxygens (including phenoxy) is 1. The number of rotatable bonds is 4. The molecule has 0 aromatic heterocycles. The van der Waals surface area contributed by atoms with E-state index in [-0.39, 0.29) is 29.1 Å². The van der Waals surface area contributed by atoms with Crippen LogP contribution in [0.3, 0.4) is 0 Å². The molecule has 1 aliphatic carbocycles. The van der Waals surface area contributed by atoms with E-state index in [0.717, 1.165) is 0 Å². The fourth-order valence-corrected chi connectivity index (χ4v) is 3.09. The summed E-state index contributed by atoms with van der Waals surface area (Å²) in [6.45, 7) is 4.76. The van der Waals surface area contributed by atoms with E-state index in [9.17, 15) is 9.59 Å². The van der Waals surface area contributed by atoms with Crippen LogP contribution in [0.5, 0.6) is 5.75 Å². The van der Waals surface area contributed by atoms with Crippen LogP contribution in [0.1, 0.15) is 13.8 Å². The van der Waals surface area contributed by atoms with Gasteiger partial charge >= 0.3 is 0 Å². The summed E-state index contributed by atoms with van der Waals surface area (Å²) in [5.41, 5.74) is 5.79. The Balaban J connectivity index is 1.84. The zero-order valence-electron chi connectivity index (χ0n) is 11.6. The predicted molar refractivity (Wildman–Crippen MR) is 74.2 cm³/mol. The second-order valence-electron chi connectivity index (χ2n) is 5.92. The van der Waals surface area contributed by atoms with Crippen LogP contribution in [0.4, 0.5) is 5.69 Å². The zero-order valence-corrected chi connectivity index (χ0v) is 11.6. The first kappa shape index (κ1) is 13.1. The smallest absolute Gasteiger partial charge is 0.238 e. The summed E-state index contributed by atoms with van der Waals surface area (Å²) in [4.78, 5) is 26.0. The van der Waals surface area contributed by atoms with E-state index in [1.54, 1.807) is 24.3 Å². The molecule has 2 amide bonds. The molecule has 2 unspecified atom stereocenters. The fourth-order valence-electron chi connectivity index (χ4n) is 3.09. The van der Waals surface area contributed by atoms with Crippen molar-refractivity contribution in [2.45, 2.75) is 13.8 Å². The summed E-state index contributed by atoms with van der Waals surface area (Å²) < 4.78 is 5.43. The first-order chi connectivity index (χ1) is 9.48. The van der Waals surface area contributed by atoms with Gasteiger partial charge < -0.3 is 10.5 Å². The zero-order chi connectivity index (χ0) is 14.5. The average Bonchev–Trinajstić information content (AvgIpc) is 2.87. The highest BCUT2D eigenvalue weighted by atomic mass is 16.5. The lowest BCUT2D eigenvalue weighted by Gasteiger charge is -2.21. The van der Waals surface area contributed by atoms with Crippen molar-refractivity contribution < 1.29 is 14.3 Å². The second-order valence-corrected chi connectivity index (χ2v) is 5.92. The molecule has 1 aromatic rings. The quantitative estimate of drug-likeness (QED) is 0.836. The third-order valence-corrected chi connectivity index (χ3v) is 4.26. The Morgan fingerprint density at radius 3 is 2.50 bits per heavy atom. The monoisotopic (exact) mass is 274 g/mol. The lowest BCUT2D eigenvalue weighted by atomic mass is 10.1. The van der Waals surface area contributed by atoms with Crippen LogP contribution >= 0.6 is 0 Å². The van der Waals surface area contributed by atoms with E-state index in [0.29, 0.717) is 24.6 Å². The molecular formula is C15H18N2O3. The number of piperidine rings is 1. The Kier molecular flexibility index (Phi) is 2.83. The van der Waals surface area contributed by atoms with Crippen molar-refractivity contribution in [1.82, 2.24) is 0 Å². The Bertz CT molecular complexity index is 558. The molecule has 2 atom stereocenters. The summed E-state index contributed by atoms with van der Waals surface area (Å²) in [6.07, 6.45) is 0. The predicted octanol–water partition coefficient (Wildman–Crippen LogP) is 1.17. The molecule has 1 heterocycles. The van der Waals surface area contributed by atoms with E-state index in [1.807, 2.05) is 13.8 Å². The van der Waals surface area contributed by atoms with Gasteiger partial charge in [0.05, 0.1) is 17.5 Å². The molecule has 20 heavy (non-hydrogen) atoms. The maximum absolute atomic E-state index is 12.3. The van der Waals surface area contributed by atoms with Crippen molar-refractivity contribution in [1.29, 1.82) is 0 Å². The normalized spacial score (nSPS) is 26.6. The molecule has 0 bridgehead atoms. The van der Waals surface area contributed by atoms with E-state index >= 15 is 0 Å². The van der Waals surface area contributed by atoms with Gasteiger partial charge in [0.25, 0.3) is 0 Å². The highest BCUT2D eigenvalue weighted by Gasteiger charge is 2.72.